The standard InChI is InChI=1S/C17H20N6O2/c1-11(2)15-19-16(21-20-15)13-10-23(7-8-25-13)17(24)12-9-22-6-4-3-5-14(22)18-12/h3-6,9,11,13H,7-8,10H2,1-2H3,(H,19,20,21)/t13-/m1/s1. The lowest BCUT2D eigenvalue weighted by atomic mass is 10.2. The number of nitrogens with zero attached hydrogens (tertiary/aromatic N) is 5. The first kappa shape index (κ1) is 15.8. The van der Waals surface area contributed by atoms with Crippen LogP contribution in [0.2, 0.25) is 0 Å². The van der Waals surface area contributed by atoms with E-state index in [9.17, 15) is 4.79 Å². The second-order valence-corrected chi connectivity index (χ2v) is 6.44. The van der Waals surface area contributed by atoms with Crippen molar-refractivity contribution in [3.05, 3.63) is 47.9 Å². The quantitative estimate of drug-likeness (QED) is 0.785. The number of hydrogen-bond acceptors (Lipinski definition) is 5. The van der Waals surface area contributed by atoms with Gasteiger partial charge in [0.05, 0.1) is 13.2 Å². The number of rotatable bonds is 3. The Labute approximate surface area is 144 Å². The minimum absolute atomic E-state index is 0.0967. The van der Waals surface area contributed by atoms with Gasteiger partial charge in [0.1, 0.15) is 17.4 Å². The maximum atomic E-state index is 12.8. The molecule has 0 unspecified atom stereocenters. The van der Waals surface area contributed by atoms with Crippen LogP contribution in [0.25, 0.3) is 5.65 Å². The van der Waals surface area contributed by atoms with Crippen molar-refractivity contribution < 1.29 is 9.53 Å². The molecule has 1 N–H and O–H groups in total. The summed E-state index contributed by atoms with van der Waals surface area (Å²) in [4.78, 5) is 23.5. The number of amides is 1. The Kier molecular flexibility index (Phi) is 3.96. The van der Waals surface area contributed by atoms with Crippen LogP contribution in [-0.2, 0) is 4.74 Å². The van der Waals surface area contributed by atoms with E-state index in [1.165, 1.54) is 0 Å². The second kappa shape index (κ2) is 6.29. The number of carbonyl (C=O) groups is 1. The molecule has 8 nitrogen and oxygen atoms in total. The summed E-state index contributed by atoms with van der Waals surface area (Å²) >= 11 is 0. The molecule has 1 aliphatic rings. The topological polar surface area (TPSA) is 88.4 Å². The molecule has 4 heterocycles. The molecule has 1 saturated heterocycles. The molecule has 0 bridgehead atoms. The van der Waals surface area contributed by atoms with Gasteiger partial charge in [-0.3, -0.25) is 9.89 Å². The van der Waals surface area contributed by atoms with E-state index in [4.69, 9.17) is 4.74 Å². The van der Waals surface area contributed by atoms with Crippen LogP contribution in [0.5, 0.6) is 0 Å². The summed E-state index contributed by atoms with van der Waals surface area (Å²) in [6.45, 7) is 5.50. The average Bonchev–Trinajstić information content (AvgIpc) is 3.28. The lowest BCUT2D eigenvalue weighted by Crippen LogP contribution is -2.42. The van der Waals surface area contributed by atoms with Crippen LogP contribution in [-0.4, -0.2) is 55.1 Å². The molecular weight excluding hydrogens is 320 g/mol. The molecule has 1 atom stereocenters. The Morgan fingerprint density at radius 2 is 2.24 bits per heavy atom. The Balaban J connectivity index is 1.52. The summed E-state index contributed by atoms with van der Waals surface area (Å²) in [6, 6.07) is 5.68. The first-order chi connectivity index (χ1) is 12.1. The number of aromatic amines is 1. The highest BCUT2D eigenvalue weighted by atomic mass is 16.5. The van der Waals surface area contributed by atoms with Gasteiger partial charge in [-0.05, 0) is 12.1 Å². The Morgan fingerprint density at radius 1 is 1.36 bits per heavy atom. The molecule has 4 rings (SSSR count). The molecular formula is C17H20N6O2. The van der Waals surface area contributed by atoms with Crippen molar-refractivity contribution in [3.63, 3.8) is 0 Å². The van der Waals surface area contributed by atoms with E-state index in [2.05, 4.69) is 20.2 Å². The van der Waals surface area contributed by atoms with Crippen LogP contribution < -0.4 is 0 Å². The number of imidazole rings is 1. The molecule has 8 heteroatoms. The van der Waals surface area contributed by atoms with Crippen LogP contribution in [0.1, 0.15) is 48.0 Å². The zero-order chi connectivity index (χ0) is 17.4. The summed E-state index contributed by atoms with van der Waals surface area (Å²) in [5.41, 5.74) is 1.19. The van der Waals surface area contributed by atoms with Crippen LogP contribution in [0.4, 0.5) is 0 Å². The minimum atomic E-state index is -0.297. The molecule has 25 heavy (non-hydrogen) atoms. The third-order valence-electron chi connectivity index (χ3n) is 4.28. The van der Waals surface area contributed by atoms with Crippen molar-refractivity contribution >= 4 is 11.6 Å². The molecule has 0 saturated carbocycles. The number of morpholine rings is 1. The third-order valence-corrected chi connectivity index (χ3v) is 4.28. The molecule has 0 aliphatic carbocycles. The fourth-order valence-corrected chi connectivity index (χ4v) is 2.89. The Hall–Kier alpha value is -2.74. The van der Waals surface area contributed by atoms with Gasteiger partial charge in [0.25, 0.3) is 5.91 Å². The monoisotopic (exact) mass is 340 g/mol. The average molecular weight is 340 g/mol. The predicted octanol–water partition coefficient (Wildman–Crippen LogP) is 1.79. The highest BCUT2D eigenvalue weighted by molar-refractivity contribution is 5.93. The molecule has 1 aliphatic heterocycles. The molecule has 0 radical (unpaired) electrons. The van der Waals surface area contributed by atoms with Crippen molar-refractivity contribution in [1.29, 1.82) is 0 Å². The summed E-state index contributed by atoms with van der Waals surface area (Å²) in [7, 11) is 0. The maximum Gasteiger partial charge on any atom is 0.274 e. The van der Waals surface area contributed by atoms with E-state index in [0.29, 0.717) is 31.2 Å². The van der Waals surface area contributed by atoms with Crippen molar-refractivity contribution in [3.8, 4) is 0 Å². The van der Waals surface area contributed by atoms with E-state index in [1.807, 2.05) is 42.6 Å². The molecule has 0 spiro atoms. The lowest BCUT2D eigenvalue weighted by molar-refractivity contribution is -0.0268. The highest BCUT2D eigenvalue weighted by Crippen LogP contribution is 2.22. The zero-order valence-electron chi connectivity index (χ0n) is 14.2. The molecule has 130 valence electrons. The molecule has 0 aromatic carbocycles. The molecule has 3 aromatic heterocycles. The van der Waals surface area contributed by atoms with Gasteiger partial charge < -0.3 is 14.0 Å². The van der Waals surface area contributed by atoms with E-state index in [-0.39, 0.29) is 17.9 Å². The molecule has 1 fully saturated rings. The van der Waals surface area contributed by atoms with Gasteiger partial charge in [-0.1, -0.05) is 19.9 Å². The fourth-order valence-electron chi connectivity index (χ4n) is 2.89. The van der Waals surface area contributed by atoms with Gasteiger partial charge in [0, 0.05) is 24.9 Å². The van der Waals surface area contributed by atoms with Crippen molar-refractivity contribution in [2.24, 2.45) is 0 Å². The summed E-state index contributed by atoms with van der Waals surface area (Å²) in [5.74, 6) is 1.56. The molecule has 1 amide bonds. The maximum absolute atomic E-state index is 12.8. The van der Waals surface area contributed by atoms with E-state index in [0.717, 1.165) is 11.5 Å². The lowest BCUT2D eigenvalue weighted by Gasteiger charge is -2.31. The minimum Gasteiger partial charge on any atom is -0.367 e. The van der Waals surface area contributed by atoms with Gasteiger partial charge >= 0.3 is 0 Å². The Morgan fingerprint density at radius 3 is 3.00 bits per heavy atom. The fraction of sp³-hybridized carbons (Fsp3) is 0.412. The van der Waals surface area contributed by atoms with E-state index < -0.39 is 0 Å². The number of fused-ring (bicyclic) bond motifs is 1. The van der Waals surface area contributed by atoms with Gasteiger partial charge in [-0.15, -0.1) is 0 Å². The van der Waals surface area contributed by atoms with Crippen molar-refractivity contribution in [2.45, 2.75) is 25.9 Å². The number of hydrogen-bond donors (Lipinski definition) is 1. The Bertz CT molecular complexity index is 866. The smallest absolute Gasteiger partial charge is 0.274 e. The second-order valence-electron chi connectivity index (χ2n) is 6.44. The van der Waals surface area contributed by atoms with Crippen LogP contribution in [0.15, 0.2) is 30.6 Å². The number of pyridine rings is 1. The predicted molar refractivity (Wildman–Crippen MR) is 90.3 cm³/mol. The van der Waals surface area contributed by atoms with Gasteiger partial charge in [-0.25, -0.2) is 9.97 Å². The van der Waals surface area contributed by atoms with Gasteiger partial charge in [0.15, 0.2) is 11.6 Å². The largest absolute Gasteiger partial charge is 0.367 e. The van der Waals surface area contributed by atoms with Crippen LogP contribution in [0.3, 0.4) is 0 Å². The van der Waals surface area contributed by atoms with Crippen LogP contribution in [0, 0.1) is 0 Å². The van der Waals surface area contributed by atoms with Crippen LogP contribution >= 0.6 is 0 Å². The molecule has 3 aromatic rings. The number of aromatic nitrogens is 5. The summed E-state index contributed by atoms with van der Waals surface area (Å²) in [6.07, 6.45) is 3.34. The highest BCUT2D eigenvalue weighted by Gasteiger charge is 2.29. The first-order valence-electron chi connectivity index (χ1n) is 8.38. The zero-order valence-corrected chi connectivity index (χ0v) is 14.2. The number of carbonyl (C=O) groups excluding carboxylic acids is 1. The van der Waals surface area contributed by atoms with Gasteiger partial charge in [0.2, 0.25) is 0 Å². The van der Waals surface area contributed by atoms with Gasteiger partial charge in [-0.2, -0.15) is 5.10 Å². The normalized spacial score (nSPS) is 18.2. The van der Waals surface area contributed by atoms with E-state index in [1.54, 1.807) is 11.1 Å². The number of ether oxygens (including phenoxy) is 1. The first-order valence-corrected chi connectivity index (χ1v) is 8.38. The number of nitrogens with one attached hydrogen (secondary N) is 1. The van der Waals surface area contributed by atoms with Crippen molar-refractivity contribution in [2.75, 3.05) is 19.7 Å². The summed E-state index contributed by atoms with van der Waals surface area (Å²) < 4.78 is 7.62. The van der Waals surface area contributed by atoms with Crippen molar-refractivity contribution in [1.82, 2.24) is 29.5 Å². The third kappa shape index (κ3) is 3.00. The SMILES string of the molecule is CC(C)c1n[nH]c([C@H]2CN(C(=O)c3cn4ccccc4n3)CCO2)n1. The summed E-state index contributed by atoms with van der Waals surface area (Å²) in [5, 5.41) is 7.15. The number of H-pyrrole nitrogens is 1. The van der Waals surface area contributed by atoms with E-state index >= 15 is 0 Å².